The average molecular weight is 796 g/mol. The lowest BCUT2D eigenvalue weighted by Gasteiger charge is -2.28. The highest BCUT2D eigenvalue weighted by Crippen LogP contribution is 2.54. The van der Waals surface area contributed by atoms with Crippen molar-refractivity contribution < 1.29 is 0 Å². The Morgan fingerprint density at radius 1 is 0.516 bits per heavy atom. The van der Waals surface area contributed by atoms with Crippen LogP contribution in [0.1, 0.15) is 28.8 Å². The van der Waals surface area contributed by atoms with E-state index >= 15 is 0 Å². The molecule has 2 aromatic heterocycles. The van der Waals surface area contributed by atoms with Crippen molar-refractivity contribution in [2.24, 2.45) is 0 Å². The number of aromatic nitrogens is 2. The lowest BCUT2D eigenvalue weighted by molar-refractivity contribution is 0.746. The molecule has 0 aliphatic carbocycles. The van der Waals surface area contributed by atoms with E-state index < -0.39 is 0 Å². The topological polar surface area (TPSA) is 45.1 Å². The van der Waals surface area contributed by atoms with Gasteiger partial charge in [0.05, 0.1) is 40.4 Å². The maximum atomic E-state index is 4.82. The van der Waals surface area contributed by atoms with Gasteiger partial charge in [-0.25, -0.2) is 0 Å². The zero-order valence-electron chi connectivity index (χ0n) is 33.9. The largest absolute Gasteiger partial charge is 0.381 e. The van der Waals surface area contributed by atoms with Gasteiger partial charge in [-0.05, 0) is 113 Å². The van der Waals surface area contributed by atoms with E-state index in [-0.39, 0.29) is 12.1 Å². The predicted octanol–water partition coefficient (Wildman–Crippen LogP) is 14.4. The van der Waals surface area contributed by atoms with E-state index in [1.54, 1.807) is 0 Å². The molecule has 12 rings (SSSR count). The van der Waals surface area contributed by atoms with Crippen LogP contribution in [0.2, 0.25) is 0 Å². The minimum Gasteiger partial charge on any atom is -0.381 e. The molecule has 0 amide bonds. The molecule has 7 aromatic carbocycles. The molecule has 0 saturated carbocycles. The summed E-state index contributed by atoms with van der Waals surface area (Å²) in [5.41, 5.74) is 19.5. The Morgan fingerprint density at radius 3 is 2.15 bits per heavy atom. The van der Waals surface area contributed by atoms with Crippen LogP contribution in [0.15, 0.2) is 219 Å². The first-order valence-corrected chi connectivity index (χ1v) is 21.3. The Labute approximate surface area is 361 Å². The van der Waals surface area contributed by atoms with Crippen LogP contribution in [-0.4, -0.2) is 9.55 Å². The number of dihydropyridines is 1. The summed E-state index contributed by atoms with van der Waals surface area (Å²) in [6, 6.07) is 66.2. The SMILES string of the molecule is C1=CNC(c2cc(-c3ccccn3)cc(-n3c4c(c5ccccc53)-c3ccccc3N(c3ccc(-c5cccc(C6C=Cc7ccccc7N6)c5)cc3)c3ccccc3-4)c2)C=C1. The van der Waals surface area contributed by atoms with Crippen molar-refractivity contribution >= 4 is 39.7 Å². The molecule has 2 N–H and O–H groups in total. The highest BCUT2D eigenvalue weighted by Gasteiger charge is 2.31. The van der Waals surface area contributed by atoms with Crippen LogP contribution in [0.25, 0.3) is 67.4 Å². The number of para-hydroxylation sites is 4. The second kappa shape index (κ2) is 14.8. The Morgan fingerprint density at radius 2 is 1.29 bits per heavy atom. The molecule has 9 aromatic rings. The number of nitrogens with zero attached hydrogens (tertiary/aromatic N) is 3. The molecule has 3 aliphatic rings. The molecule has 62 heavy (non-hydrogen) atoms. The molecule has 0 fully saturated rings. The molecule has 5 heterocycles. The van der Waals surface area contributed by atoms with E-state index in [0.717, 1.165) is 56.5 Å². The van der Waals surface area contributed by atoms with Crippen LogP contribution in [0.5, 0.6) is 0 Å². The highest BCUT2D eigenvalue weighted by molar-refractivity contribution is 6.13. The maximum Gasteiger partial charge on any atom is 0.0702 e. The summed E-state index contributed by atoms with van der Waals surface area (Å²) in [4.78, 5) is 7.26. The van der Waals surface area contributed by atoms with Crippen molar-refractivity contribution in [3.63, 3.8) is 0 Å². The zero-order valence-corrected chi connectivity index (χ0v) is 33.9. The van der Waals surface area contributed by atoms with E-state index in [4.69, 9.17) is 4.98 Å². The number of allylic oxidation sites excluding steroid dienone is 2. The van der Waals surface area contributed by atoms with Gasteiger partial charge in [-0.15, -0.1) is 0 Å². The Kier molecular flexibility index (Phi) is 8.56. The van der Waals surface area contributed by atoms with Crippen LogP contribution in [-0.2, 0) is 0 Å². The quantitative estimate of drug-likeness (QED) is 0.176. The van der Waals surface area contributed by atoms with E-state index in [2.05, 4.69) is 220 Å². The average Bonchev–Trinajstić information content (AvgIpc) is 3.63. The molecule has 2 atom stereocenters. The minimum absolute atomic E-state index is 0.0232. The monoisotopic (exact) mass is 795 g/mol. The molecule has 0 saturated heterocycles. The van der Waals surface area contributed by atoms with Gasteiger partial charge in [0.15, 0.2) is 0 Å². The summed E-state index contributed by atoms with van der Waals surface area (Å²) < 4.78 is 2.48. The second-order valence-corrected chi connectivity index (χ2v) is 16.1. The van der Waals surface area contributed by atoms with Crippen LogP contribution in [0.3, 0.4) is 0 Å². The fourth-order valence-corrected chi connectivity index (χ4v) is 9.57. The van der Waals surface area contributed by atoms with Gasteiger partial charge in [-0.2, -0.15) is 0 Å². The van der Waals surface area contributed by atoms with Gasteiger partial charge < -0.3 is 20.1 Å². The third-order valence-corrected chi connectivity index (χ3v) is 12.4. The van der Waals surface area contributed by atoms with Crippen LogP contribution in [0, 0.1) is 0 Å². The van der Waals surface area contributed by atoms with Crippen molar-refractivity contribution in [2.45, 2.75) is 12.1 Å². The Bertz CT molecular complexity index is 3260. The van der Waals surface area contributed by atoms with Gasteiger partial charge in [0.2, 0.25) is 0 Å². The van der Waals surface area contributed by atoms with Crippen molar-refractivity contribution in [3.8, 4) is 50.5 Å². The maximum absolute atomic E-state index is 4.82. The number of nitrogens with one attached hydrogen (secondary N) is 2. The highest BCUT2D eigenvalue weighted by atomic mass is 15.2. The summed E-state index contributed by atoms with van der Waals surface area (Å²) >= 11 is 0. The minimum atomic E-state index is 0.0232. The fraction of sp³-hybridized carbons (Fsp3) is 0.0351. The lowest BCUT2D eigenvalue weighted by atomic mass is 9.96. The van der Waals surface area contributed by atoms with Crippen LogP contribution in [0.4, 0.5) is 22.7 Å². The first-order valence-electron chi connectivity index (χ1n) is 21.3. The fourth-order valence-electron chi connectivity index (χ4n) is 9.57. The number of hydrogen-bond acceptors (Lipinski definition) is 4. The lowest BCUT2D eigenvalue weighted by Crippen LogP contribution is -2.15. The Balaban J connectivity index is 1.01. The van der Waals surface area contributed by atoms with Gasteiger partial charge in [0, 0.05) is 50.9 Å². The standard InChI is InChI=1S/C57H41N5/c1-5-22-51-39(14-1)28-31-52(60-51)41-16-13-15-40(34-41)38-26-29-44(30-27-38)61-53-23-6-2-17-46(53)56-47-18-3-7-24-54(47)62(57(56)48-19-4-8-25-55(48)61)45-36-42(49-20-9-11-32-58-49)35-43(37-45)50-21-10-12-33-59-50/h1-37,49,52,58,60H. The molecule has 2 unspecified atom stereocenters. The molecule has 3 aliphatic heterocycles. The number of fused-ring (bicyclic) bond motifs is 8. The van der Waals surface area contributed by atoms with E-state index in [1.165, 1.54) is 44.3 Å². The molecule has 0 radical (unpaired) electrons. The molecule has 0 spiro atoms. The first kappa shape index (κ1) is 35.8. The Hall–Kier alpha value is -8.15. The number of benzene rings is 7. The van der Waals surface area contributed by atoms with Gasteiger partial charge >= 0.3 is 0 Å². The predicted molar refractivity (Wildman–Crippen MR) is 257 cm³/mol. The molecule has 5 heteroatoms. The third-order valence-electron chi connectivity index (χ3n) is 12.4. The van der Waals surface area contributed by atoms with Gasteiger partial charge in [-0.3, -0.25) is 4.98 Å². The molecular formula is C57H41N5. The second-order valence-electron chi connectivity index (χ2n) is 16.1. The molecular weight excluding hydrogens is 755 g/mol. The van der Waals surface area contributed by atoms with E-state index in [1.807, 2.05) is 24.5 Å². The summed E-state index contributed by atoms with van der Waals surface area (Å²) in [6.07, 6.45) is 14.7. The molecule has 5 nitrogen and oxygen atoms in total. The number of pyridine rings is 1. The number of rotatable bonds is 6. The summed E-state index contributed by atoms with van der Waals surface area (Å²) in [6.45, 7) is 0. The normalized spacial score (nSPS) is 15.8. The van der Waals surface area contributed by atoms with Crippen molar-refractivity contribution in [1.29, 1.82) is 0 Å². The summed E-state index contributed by atoms with van der Waals surface area (Å²) in [5.74, 6) is 0. The first-order chi connectivity index (χ1) is 30.7. The van der Waals surface area contributed by atoms with Crippen LogP contribution < -0.4 is 15.5 Å². The summed E-state index contributed by atoms with van der Waals surface area (Å²) in [7, 11) is 0. The van der Waals surface area contributed by atoms with Crippen molar-refractivity contribution in [3.05, 3.63) is 235 Å². The van der Waals surface area contributed by atoms with Gasteiger partial charge in [-0.1, -0.05) is 133 Å². The molecule has 0 bridgehead atoms. The van der Waals surface area contributed by atoms with Crippen LogP contribution >= 0.6 is 0 Å². The van der Waals surface area contributed by atoms with Gasteiger partial charge in [0.25, 0.3) is 0 Å². The van der Waals surface area contributed by atoms with E-state index in [0.29, 0.717) is 0 Å². The number of anilines is 4. The van der Waals surface area contributed by atoms with E-state index in [9.17, 15) is 0 Å². The van der Waals surface area contributed by atoms with Gasteiger partial charge in [0.1, 0.15) is 0 Å². The molecule has 294 valence electrons. The smallest absolute Gasteiger partial charge is 0.0702 e. The summed E-state index contributed by atoms with van der Waals surface area (Å²) in [5, 5.41) is 8.50. The van der Waals surface area contributed by atoms with Crippen molar-refractivity contribution in [1.82, 2.24) is 14.9 Å². The zero-order chi connectivity index (χ0) is 41.0. The van der Waals surface area contributed by atoms with Crippen molar-refractivity contribution in [2.75, 3.05) is 10.2 Å². The number of hydrogen-bond donors (Lipinski definition) is 2. The third kappa shape index (κ3) is 6.05.